The summed E-state index contributed by atoms with van der Waals surface area (Å²) in [5, 5.41) is 11.2. The van der Waals surface area contributed by atoms with Crippen LogP contribution in [0.25, 0.3) is 11.5 Å². The number of nitrogens with zero attached hydrogens (tertiary/aromatic N) is 2. The number of halogens is 2. The Morgan fingerprint density at radius 3 is 2.68 bits per heavy atom. The molecule has 1 N–H and O–H groups in total. The number of hydrogen-bond acceptors (Lipinski definition) is 4. The molecule has 0 aliphatic heterocycles. The summed E-state index contributed by atoms with van der Waals surface area (Å²) in [6, 6.07) is 4.33. The molecule has 0 saturated heterocycles. The van der Waals surface area contributed by atoms with Gasteiger partial charge < -0.3 is 9.73 Å². The molecule has 0 fully saturated rings. The van der Waals surface area contributed by atoms with Crippen molar-refractivity contribution >= 4 is 15.9 Å². The number of aromatic nitrogens is 2. The van der Waals surface area contributed by atoms with Crippen LogP contribution in [0.15, 0.2) is 27.1 Å². The molecule has 0 aliphatic rings. The summed E-state index contributed by atoms with van der Waals surface area (Å²) < 4.78 is 19.2. The van der Waals surface area contributed by atoms with E-state index in [1.807, 2.05) is 0 Å². The van der Waals surface area contributed by atoms with Gasteiger partial charge in [-0.05, 0) is 54.9 Å². The lowest BCUT2D eigenvalue weighted by Crippen LogP contribution is -2.35. The average Bonchev–Trinajstić information content (AvgIpc) is 2.74. The topological polar surface area (TPSA) is 51.0 Å². The fraction of sp³-hybridized carbons (Fsp3) is 0.385. The van der Waals surface area contributed by atoms with Gasteiger partial charge in [-0.2, -0.15) is 0 Å². The summed E-state index contributed by atoms with van der Waals surface area (Å²) in [5.74, 6) is 0.559. The van der Waals surface area contributed by atoms with Crippen LogP contribution < -0.4 is 5.32 Å². The number of nitrogens with one attached hydrogen (secondary N) is 1. The van der Waals surface area contributed by atoms with E-state index in [-0.39, 0.29) is 11.4 Å². The molecule has 2 aromatic rings. The molecule has 6 heteroatoms. The molecule has 102 valence electrons. The Morgan fingerprint density at radius 2 is 2.05 bits per heavy atom. The van der Waals surface area contributed by atoms with Crippen molar-refractivity contribution in [2.75, 3.05) is 0 Å². The number of benzene rings is 1. The number of hydrogen-bond donors (Lipinski definition) is 1. The van der Waals surface area contributed by atoms with Crippen molar-refractivity contribution < 1.29 is 8.81 Å². The van der Waals surface area contributed by atoms with Gasteiger partial charge in [0.05, 0.1) is 12.1 Å². The van der Waals surface area contributed by atoms with Gasteiger partial charge in [0, 0.05) is 10.0 Å². The van der Waals surface area contributed by atoms with Crippen LogP contribution in [0.1, 0.15) is 26.7 Å². The molecule has 1 aromatic carbocycles. The van der Waals surface area contributed by atoms with Gasteiger partial charge in [-0.1, -0.05) is 0 Å². The van der Waals surface area contributed by atoms with Crippen LogP contribution in [0.5, 0.6) is 0 Å². The maximum Gasteiger partial charge on any atom is 0.248 e. The van der Waals surface area contributed by atoms with Gasteiger partial charge in [0.2, 0.25) is 11.8 Å². The SMILES string of the molecule is CC(C)(C)NCc1nnc(-c2ccc(F)cc2Br)o1. The largest absolute Gasteiger partial charge is 0.419 e. The second-order valence-corrected chi connectivity index (χ2v) is 6.08. The monoisotopic (exact) mass is 327 g/mol. The molecular formula is C13H15BrFN3O. The van der Waals surface area contributed by atoms with E-state index >= 15 is 0 Å². The highest BCUT2D eigenvalue weighted by molar-refractivity contribution is 9.10. The number of rotatable bonds is 3. The third kappa shape index (κ3) is 3.84. The van der Waals surface area contributed by atoms with E-state index in [9.17, 15) is 4.39 Å². The van der Waals surface area contributed by atoms with Crippen LogP contribution in [0, 0.1) is 5.82 Å². The Balaban J connectivity index is 2.16. The third-order valence-electron chi connectivity index (χ3n) is 2.40. The van der Waals surface area contributed by atoms with E-state index < -0.39 is 0 Å². The molecule has 0 radical (unpaired) electrons. The zero-order chi connectivity index (χ0) is 14.0. The fourth-order valence-electron chi connectivity index (χ4n) is 1.44. The predicted molar refractivity (Wildman–Crippen MR) is 74.0 cm³/mol. The highest BCUT2D eigenvalue weighted by atomic mass is 79.9. The molecular weight excluding hydrogens is 313 g/mol. The average molecular weight is 328 g/mol. The molecule has 0 aliphatic carbocycles. The maximum absolute atomic E-state index is 13.0. The van der Waals surface area contributed by atoms with Crippen LogP contribution in [-0.2, 0) is 6.54 Å². The van der Waals surface area contributed by atoms with Crippen LogP contribution >= 0.6 is 15.9 Å². The van der Waals surface area contributed by atoms with Gasteiger partial charge in [-0.3, -0.25) is 0 Å². The van der Waals surface area contributed by atoms with Crippen molar-refractivity contribution in [3.8, 4) is 11.5 Å². The van der Waals surface area contributed by atoms with Crippen molar-refractivity contribution in [2.45, 2.75) is 32.9 Å². The Hall–Kier alpha value is -1.27. The minimum absolute atomic E-state index is 0.0227. The minimum atomic E-state index is -0.315. The quantitative estimate of drug-likeness (QED) is 0.936. The molecule has 19 heavy (non-hydrogen) atoms. The van der Waals surface area contributed by atoms with Crippen molar-refractivity contribution in [2.24, 2.45) is 0 Å². The predicted octanol–water partition coefficient (Wildman–Crippen LogP) is 3.53. The van der Waals surface area contributed by atoms with Crippen LogP contribution in [0.3, 0.4) is 0 Å². The molecule has 0 amide bonds. The Kier molecular flexibility index (Phi) is 4.01. The van der Waals surface area contributed by atoms with Crippen molar-refractivity contribution in [3.63, 3.8) is 0 Å². The first-order valence-corrected chi connectivity index (χ1v) is 6.67. The van der Waals surface area contributed by atoms with Crippen molar-refractivity contribution in [3.05, 3.63) is 34.4 Å². The van der Waals surface area contributed by atoms with Gasteiger partial charge in [0.15, 0.2) is 0 Å². The first-order chi connectivity index (χ1) is 8.85. The van der Waals surface area contributed by atoms with Crippen LogP contribution in [0.4, 0.5) is 4.39 Å². The molecule has 0 bridgehead atoms. The van der Waals surface area contributed by atoms with E-state index in [0.717, 1.165) is 0 Å². The minimum Gasteiger partial charge on any atom is -0.419 e. The van der Waals surface area contributed by atoms with E-state index in [2.05, 4.69) is 52.2 Å². The van der Waals surface area contributed by atoms with Crippen molar-refractivity contribution in [1.82, 2.24) is 15.5 Å². The molecule has 4 nitrogen and oxygen atoms in total. The highest BCUT2D eigenvalue weighted by Gasteiger charge is 2.14. The lowest BCUT2D eigenvalue weighted by molar-refractivity contribution is 0.383. The highest BCUT2D eigenvalue weighted by Crippen LogP contribution is 2.27. The van der Waals surface area contributed by atoms with E-state index in [4.69, 9.17) is 4.42 Å². The molecule has 1 aromatic heterocycles. The summed E-state index contributed by atoms with van der Waals surface area (Å²) in [4.78, 5) is 0. The van der Waals surface area contributed by atoms with Gasteiger partial charge in [-0.15, -0.1) is 10.2 Å². The van der Waals surface area contributed by atoms with Gasteiger partial charge >= 0.3 is 0 Å². The summed E-state index contributed by atoms with van der Waals surface area (Å²) >= 11 is 3.28. The summed E-state index contributed by atoms with van der Waals surface area (Å²) in [5.41, 5.74) is 0.654. The lowest BCUT2D eigenvalue weighted by atomic mass is 10.1. The van der Waals surface area contributed by atoms with Crippen LogP contribution in [-0.4, -0.2) is 15.7 Å². The maximum atomic E-state index is 13.0. The van der Waals surface area contributed by atoms with Gasteiger partial charge in [-0.25, -0.2) is 4.39 Å². The van der Waals surface area contributed by atoms with Crippen LogP contribution in [0.2, 0.25) is 0 Å². The summed E-state index contributed by atoms with van der Waals surface area (Å²) in [6.07, 6.45) is 0. The Bertz CT molecular complexity index is 578. The zero-order valence-electron chi connectivity index (χ0n) is 11.0. The first kappa shape index (κ1) is 14.1. The zero-order valence-corrected chi connectivity index (χ0v) is 12.6. The summed E-state index contributed by atoms with van der Waals surface area (Å²) in [6.45, 7) is 6.66. The molecule has 2 rings (SSSR count). The third-order valence-corrected chi connectivity index (χ3v) is 3.05. The second kappa shape index (κ2) is 5.38. The normalized spacial score (nSPS) is 11.8. The van der Waals surface area contributed by atoms with Gasteiger partial charge in [0.1, 0.15) is 5.82 Å². The lowest BCUT2D eigenvalue weighted by Gasteiger charge is -2.18. The van der Waals surface area contributed by atoms with Crippen molar-refractivity contribution in [1.29, 1.82) is 0 Å². The molecule has 0 unspecified atom stereocenters. The molecule has 0 atom stereocenters. The first-order valence-electron chi connectivity index (χ1n) is 5.88. The molecule has 1 heterocycles. The molecule has 0 spiro atoms. The fourth-order valence-corrected chi connectivity index (χ4v) is 1.96. The second-order valence-electron chi connectivity index (χ2n) is 5.23. The van der Waals surface area contributed by atoms with E-state index in [1.165, 1.54) is 12.1 Å². The Labute approximate surface area is 119 Å². The summed E-state index contributed by atoms with van der Waals surface area (Å²) in [7, 11) is 0. The Morgan fingerprint density at radius 1 is 1.32 bits per heavy atom. The van der Waals surface area contributed by atoms with E-state index in [0.29, 0.717) is 28.4 Å². The standard InChI is InChI=1S/C13H15BrFN3O/c1-13(2,3)16-7-11-17-18-12(19-11)9-5-4-8(15)6-10(9)14/h4-6,16H,7H2,1-3H3. The van der Waals surface area contributed by atoms with E-state index in [1.54, 1.807) is 6.07 Å². The van der Waals surface area contributed by atoms with Gasteiger partial charge in [0.25, 0.3) is 0 Å². The molecule has 0 saturated carbocycles. The smallest absolute Gasteiger partial charge is 0.248 e.